The van der Waals surface area contributed by atoms with Crippen molar-refractivity contribution in [2.45, 2.75) is 33.9 Å². The smallest absolute Gasteiger partial charge is 0.165 e. The van der Waals surface area contributed by atoms with Crippen molar-refractivity contribution >= 4 is 28.3 Å². The fourth-order valence-corrected chi connectivity index (χ4v) is 4.35. The van der Waals surface area contributed by atoms with E-state index in [4.69, 9.17) is 0 Å². The average molecular weight is 357 g/mol. The second-order valence-corrected chi connectivity index (χ2v) is 7.69. The maximum Gasteiger partial charge on any atom is 0.165 e. The quantitative estimate of drug-likeness (QED) is 0.714. The third-order valence-corrected chi connectivity index (χ3v) is 5.82. The first-order valence-corrected chi connectivity index (χ1v) is 9.53. The molecular weight excluding hydrogens is 334 g/mol. The largest absolute Gasteiger partial charge is 0.352 e. The van der Waals surface area contributed by atoms with E-state index in [9.17, 15) is 0 Å². The number of hydrogen-bond acceptors (Lipinski definition) is 7. The van der Waals surface area contributed by atoms with Gasteiger partial charge in [0.2, 0.25) is 0 Å². The summed E-state index contributed by atoms with van der Waals surface area (Å²) in [5.74, 6) is 0.960. The zero-order valence-electron chi connectivity index (χ0n) is 14.9. The van der Waals surface area contributed by atoms with Crippen LogP contribution in [0.2, 0.25) is 0 Å². The molecule has 1 aliphatic rings. The molecule has 0 unspecified atom stereocenters. The number of rotatable bonds is 4. The minimum absolute atomic E-state index is 0.869. The van der Waals surface area contributed by atoms with E-state index in [-0.39, 0.29) is 0 Å². The number of aryl methyl sites for hydroxylation is 3. The number of fused-ring (bicyclic) bond motifs is 1. The van der Waals surface area contributed by atoms with E-state index < -0.39 is 0 Å². The van der Waals surface area contributed by atoms with Gasteiger partial charge in [-0.25, -0.2) is 19.9 Å². The molecule has 0 aromatic carbocycles. The topological polar surface area (TPSA) is 63.0 Å². The van der Waals surface area contributed by atoms with Crippen LogP contribution < -0.4 is 4.90 Å². The summed E-state index contributed by atoms with van der Waals surface area (Å²) in [6.07, 6.45) is 3.51. The fourth-order valence-electron chi connectivity index (χ4n) is 3.37. The highest BCUT2D eigenvalue weighted by Gasteiger charge is 2.22. The van der Waals surface area contributed by atoms with Crippen molar-refractivity contribution in [1.29, 1.82) is 0 Å². The Hall–Kier alpha value is -2.06. The zero-order chi connectivity index (χ0) is 17.4. The zero-order valence-corrected chi connectivity index (χ0v) is 15.8. The van der Waals surface area contributed by atoms with Gasteiger partial charge in [0.15, 0.2) is 17.0 Å². The van der Waals surface area contributed by atoms with Gasteiger partial charge in [-0.2, -0.15) is 0 Å². The lowest BCUT2D eigenvalue weighted by molar-refractivity contribution is 0.251. The van der Waals surface area contributed by atoms with Gasteiger partial charge < -0.3 is 9.47 Å². The summed E-state index contributed by atoms with van der Waals surface area (Å²) in [5.41, 5.74) is 3.00. The molecule has 1 saturated heterocycles. The molecule has 132 valence electrons. The van der Waals surface area contributed by atoms with Gasteiger partial charge in [-0.1, -0.05) is 0 Å². The molecule has 4 rings (SSSR count). The Labute approximate surface area is 151 Å². The molecule has 0 spiro atoms. The molecule has 3 aromatic heterocycles. The second kappa shape index (κ2) is 6.68. The second-order valence-electron chi connectivity index (χ2n) is 6.40. The molecular formula is C17H23N7S. The van der Waals surface area contributed by atoms with Crippen LogP contribution in [-0.4, -0.2) is 55.6 Å². The maximum atomic E-state index is 4.54. The SMILES string of the molecule is CCn1cnc2c(N3CCN(Cc4sc(C)nc4C)CC3)ncnc21. The van der Waals surface area contributed by atoms with Gasteiger partial charge in [0.05, 0.1) is 17.0 Å². The number of piperazine rings is 1. The minimum atomic E-state index is 0.869. The van der Waals surface area contributed by atoms with Crippen LogP contribution in [0, 0.1) is 13.8 Å². The van der Waals surface area contributed by atoms with Crippen LogP contribution >= 0.6 is 11.3 Å². The van der Waals surface area contributed by atoms with Crippen LogP contribution in [0.15, 0.2) is 12.7 Å². The third kappa shape index (κ3) is 3.11. The highest BCUT2D eigenvalue weighted by molar-refractivity contribution is 7.11. The van der Waals surface area contributed by atoms with Crippen molar-refractivity contribution in [1.82, 2.24) is 29.4 Å². The summed E-state index contributed by atoms with van der Waals surface area (Å²) in [4.78, 5) is 24.2. The average Bonchev–Trinajstić information content (AvgIpc) is 3.18. The standard InChI is InChI=1S/C17H23N7S/c1-4-23-11-20-15-16(23)18-10-19-17(15)24-7-5-22(6-8-24)9-14-12(2)21-13(3)25-14/h10-11H,4-9H2,1-3H3. The van der Waals surface area contributed by atoms with Crippen molar-refractivity contribution in [3.8, 4) is 0 Å². The van der Waals surface area contributed by atoms with Crippen molar-refractivity contribution < 1.29 is 0 Å². The van der Waals surface area contributed by atoms with Crippen molar-refractivity contribution in [3.63, 3.8) is 0 Å². The number of aromatic nitrogens is 5. The summed E-state index contributed by atoms with van der Waals surface area (Å²) in [6, 6.07) is 0. The maximum absolute atomic E-state index is 4.54. The van der Waals surface area contributed by atoms with Gasteiger partial charge in [-0.05, 0) is 20.8 Å². The normalized spacial score (nSPS) is 16.0. The molecule has 7 nitrogen and oxygen atoms in total. The molecule has 0 radical (unpaired) electrons. The highest BCUT2D eigenvalue weighted by Crippen LogP contribution is 2.24. The monoisotopic (exact) mass is 357 g/mol. The van der Waals surface area contributed by atoms with E-state index >= 15 is 0 Å². The van der Waals surface area contributed by atoms with E-state index in [1.54, 1.807) is 6.33 Å². The molecule has 4 heterocycles. The molecule has 0 bridgehead atoms. The fraction of sp³-hybridized carbons (Fsp3) is 0.529. The first kappa shape index (κ1) is 16.4. The van der Waals surface area contributed by atoms with Gasteiger partial charge >= 0.3 is 0 Å². The van der Waals surface area contributed by atoms with Crippen LogP contribution in [-0.2, 0) is 13.1 Å². The number of anilines is 1. The Morgan fingerprint density at radius 1 is 1.08 bits per heavy atom. The Bertz CT molecular complexity index is 876. The van der Waals surface area contributed by atoms with Crippen LogP contribution in [0.5, 0.6) is 0 Å². The van der Waals surface area contributed by atoms with Crippen LogP contribution in [0.1, 0.15) is 22.5 Å². The number of nitrogens with zero attached hydrogens (tertiary/aromatic N) is 7. The summed E-state index contributed by atoms with van der Waals surface area (Å²) < 4.78 is 2.06. The van der Waals surface area contributed by atoms with E-state index in [0.29, 0.717) is 0 Å². The summed E-state index contributed by atoms with van der Waals surface area (Å²) in [5, 5.41) is 1.15. The first-order chi connectivity index (χ1) is 12.2. The third-order valence-electron chi connectivity index (χ3n) is 4.76. The molecule has 8 heteroatoms. The lowest BCUT2D eigenvalue weighted by atomic mass is 10.2. The van der Waals surface area contributed by atoms with Crippen molar-refractivity contribution in [2.24, 2.45) is 0 Å². The van der Waals surface area contributed by atoms with Crippen molar-refractivity contribution in [2.75, 3.05) is 31.1 Å². The van der Waals surface area contributed by atoms with E-state index in [1.807, 2.05) is 17.7 Å². The Balaban J connectivity index is 1.47. The van der Waals surface area contributed by atoms with Gasteiger partial charge in [-0.15, -0.1) is 11.3 Å². The van der Waals surface area contributed by atoms with Gasteiger partial charge in [-0.3, -0.25) is 4.90 Å². The molecule has 0 aliphatic carbocycles. The van der Waals surface area contributed by atoms with Crippen molar-refractivity contribution in [3.05, 3.63) is 28.2 Å². The van der Waals surface area contributed by atoms with Crippen LogP contribution in [0.4, 0.5) is 5.82 Å². The number of thiazole rings is 1. The molecule has 1 fully saturated rings. The molecule has 0 atom stereocenters. The Kier molecular flexibility index (Phi) is 4.39. The molecule has 1 aliphatic heterocycles. The predicted octanol–water partition coefficient (Wildman–Crippen LogP) is 2.24. The first-order valence-electron chi connectivity index (χ1n) is 8.71. The van der Waals surface area contributed by atoms with E-state index in [0.717, 1.165) is 61.3 Å². The lowest BCUT2D eigenvalue weighted by Crippen LogP contribution is -2.46. The summed E-state index contributed by atoms with van der Waals surface area (Å²) in [7, 11) is 0. The highest BCUT2D eigenvalue weighted by atomic mass is 32.1. The van der Waals surface area contributed by atoms with Gasteiger partial charge in [0, 0.05) is 44.1 Å². The number of imidazole rings is 1. The Morgan fingerprint density at radius 3 is 2.56 bits per heavy atom. The molecule has 0 amide bonds. The van der Waals surface area contributed by atoms with Gasteiger partial charge in [0.1, 0.15) is 6.33 Å². The predicted molar refractivity (Wildman–Crippen MR) is 100 cm³/mol. The molecule has 25 heavy (non-hydrogen) atoms. The Morgan fingerprint density at radius 2 is 1.88 bits per heavy atom. The van der Waals surface area contributed by atoms with Gasteiger partial charge in [0.25, 0.3) is 0 Å². The molecule has 3 aromatic rings. The molecule has 0 N–H and O–H groups in total. The molecule has 0 saturated carbocycles. The van der Waals surface area contributed by atoms with Crippen LogP contribution in [0.25, 0.3) is 11.2 Å². The van der Waals surface area contributed by atoms with Crippen LogP contribution in [0.3, 0.4) is 0 Å². The van der Waals surface area contributed by atoms with E-state index in [2.05, 4.69) is 55.1 Å². The number of hydrogen-bond donors (Lipinski definition) is 0. The summed E-state index contributed by atoms with van der Waals surface area (Å²) in [6.45, 7) is 12.1. The van der Waals surface area contributed by atoms with E-state index in [1.165, 1.54) is 10.6 Å². The summed E-state index contributed by atoms with van der Waals surface area (Å²) >= 11 is 1.81. The lowest BCUT2D eigenvalue weighted by Gasteiger charge is -2.35. The minimum Gasteiger partial charge on any atom is -0.352 e.